The molecular weight excluding hydrogens is 184 g/mol. The quantitative estimate of drug-likeness (QED) is 0.409. The minimum atomic E-state index is -0.956. The van der Waals surface area contributed by atoms with Gasteiger partial charge in [-0.1, -0.05) is 70.6 Å². The molecule has 0 aromatic heterocycles. The molecule has 0 bridgehead atoms. The van der Waals surface area contributed by atoms with E-state index in [1.54, 1.807) is 0 Å². The van der Waals surface area contributed by atoms with E-state index < -0.39 is 8.07 Å². The maximum atomic E-state index is 3.70. The summed E-state index contributed by atoms with van der Waals surface area (Å²) < 4.78 is 0. The van der Waals surface area contributed by atoms with Gasteiger partial charge in [0.05, 0.1) is 8.07 Å². The van der Waals surface area contributed by atoms with E-state index >= 15 is 0 Å². The van der Waals surface area contributed by atoms with Crippen LogP contribution in [-0.2, 0) is 0 Å². The minimum Gasteiger partial charge on any atom is -0.0991 e. The summed E-state index contributed by atoms with van der Waals surface area (Å²) in [4.78, 5) is 0. The van der Waals surface area contributed by atoms with Gasteiger partial charge in [-0.15, -0.1) is 0 Å². The Hall–Kier alpha value is -0.303. The molecule has 1 unspecified atom stereocenters. The average Bonchev–Trinajstić information content (AvgIpc) is 2.22. The van der Waals surface area contributed by atoms with Crippen LogP contribution in [0.5, 0.6) is 0 Å². The predicted molar refractivity (Wildman–Crippen MR) is 70.6 cm³/mol. The van der Waals surface area contributed by atoms with Crippen LogP contribution in [0.15, 0.2) is 24.8 Å². The smallest absolute Gasteiger partial charge is 0.0559 e. The van der Waals surface area contributed by atoms with Crippen molar-refractivity contribution >= 4 is 8.07 Å². The Labute approximate surface area is 91.1 Å². The number of hydrogen-bond acceptors (Lipinski definition) is 0. The summed E-state index contributed by atoms with van der Waals surface area (Å²) in [6.07, 6.45) is 7.48. The van der Waals surface area contributed by atoms with E-state index in [9.17, 15) is 0 Å². The maximum absolute atomic E-state index is 3.70. The molecular formula is C13H26Si. The van der Waals surface area contributed by atoms with Crippen LogP contribution in [0.2, 0.25) is 23.7 Å². The van der Waals surface area contributed by atoms with E-state index in [4.69, 9.17) is 0 Å². The van der Waals surface area contributed by atoms with E-state index in [0.717, 1.165) is 5.54 Å². The fraction of sp³-hybridized carbons (Fsp3) is 0.692. The lowest BCUT2D eigenvalue weighted by molar-refractivity contribution is 0.862. The van der Waals surface area contributed by atoms with Crippen molar-refractivity contribution in [1.82, 2.24) is 0 Å². The Kier molecular flexibility index (Phi) is 6.90. The first kappa shape index (κ1) is 13.7. The molecule has 14 heavy (non-hydrogen) atoms. The van der Waals surface area contributed by atoms with Crippen LogP contribution in [0.25, 0.3) is 0 Å². The number of rotatable bonds is 7. The second kappa shape index (κ2) is 7.05. The van der Waals surface area contributed by atoms with Gasteiger partial charge in [-0.3, -0.25) is 0 Å². The normalized spacial score (nSPS) is 14.6. The molecule has 0 aliphatic carbocycles. The molecule has 1 heteroatoms. The van der Waals surface area contributed by atoms with Gasteiger partial charge in [0.2, 0.25) is 0 Å². The second-order valence-corrected chi connectivity index (χ2v) is 10.1. The van der Waals surface area contributed by atoms with E-state index in [0.29, 0.717) is 0 Å². The van der Waals surface area contributed by atoms with Crippen LogP contribution >= 0.6 is 0 Å². The highest BCUT2D eigenvalue weighted by Gasteiger charge is 2.32. The van der Waals surface area contributed by atoms with Crippen molar-refractivity contribution in [1.29, 1.82) is 0 Å². The monoisotopic (exact) mass is 210 g/mol. The highest BCUT2D eigenvalue weighted by molar-refractivity contribution is 6.81. The zero-order valence-electron chi connectivity index (χ0n) is 10.3. The lowest BCUT2D eigenvalue weighted by Crippen LogP contribution is -2.35. The summed E-state index contributed by atoms with van der Waals surface area (Å²) in [5.41, 5.74) is 0.915. The fourth-order valence-corrected chi connectivity index (χ4v) is 6.65. The molecule has 0 radical (unpaired) electrons. The minimum absolute atomic E-state index is 0.915. The van der Waals surface area contributed by atoms with E-state index in [1.165, 1.54) is 24.6 Å². The van der Waals surface area contributed by atoms with Crippen molar-refractivity contribution in [2.45, 2.75) is 57.8 Å². The zero-order valence-corrected chi connectivity index (χ0v) is 11.3. The van der Waals surface area contributed by atoms with Crippen LogP contribution in [-0.4, -0.2) is 8.07 Å². The Morgan fingerprint density at radius 2 is 1.64 bits per heavy atom. The van der Waals surface area contributed by atoms with Gasteiger partial charge in [0, 0.05) is 0 Å². The third kappa shape index (κ3) is 3.45. The topological polar surface area (TPSA) is 0 Å². The predicted octanol–water partition coefficient (Wildman–Crippen LogP) is 5.02. The Morgan fingerprint density at radius 3 is 2.00 bits per heavy atom. The van der Waals surface area contributed by atoms with Crippen LogP contribution in [0.1, 0.15) is 34.1 Å². The van der Waals surface area contributed by atoms with Crippen molar-refractivity contribution in [3.8, 4) is 0 Å². The van der Waals surface area contributed by atoms with Gasteiger partial charge < -0.3 is 0 Å². The summed E-state index contributed by atoms with van der Waals surface area (Å²) in [5, 5.41) is 0. The molecule has 0 fully saturated rings. The summed E-state index contributed by atoms with van der Waals surface area (Å²) in [7, 11) is -0.956. The summed E-state index contributed by atoms with van der Waals surface area (Å²) in [6.45, 7) is 13.3. The number of allylic oxidation sites excluding steroid dienone is 3. The molecule has 0 rings (SSSR count). The zero-order chi connectivity index (χ0) is 11.0. The van der Waals surface area contributed by atoms with Gasteiger partial charge in [0.25, 0.3) is 0 Å². The van der Waals surface area contributed by atoms with E-state index in [2.05, 4.69) is 46.4 Å². The van der Waals surface area contributed by atoms with Crippen molar-refractivity contribution in [3.05, 3.63) is 24.8 Å². The standard InChI is InChI=1S/C13H26Si/c1-6-10-11-12-13(5)14(7-2,8-3)9-4/h6,10-11,13H,1,7-9,12H2,2-5H3. The van der Waals surface area contributed by atoms with Crippen molar-refractivity contribution < 1.29 is 0 Å². The Morgan fingerprint density at radius 1 is 1.14 bits per heavy atom. The molecule has 0 aromatic rings. The highest BCUT2D eigenvalue weighted by Crippen LogP contribution is 2.35. The fourth-order valence-electron chi connectivity index (χ4n) is 2.42. The largest absolute Gasteiger partial charge is 0.0991 e. The van der Waals surface area contributed by atoms with Gasteiger partial charge in [-0.25, -0.2) is 0 Å². The van der Waals surface area contributed by atoms with Crippen LogP contribution in [0.4, 0.5) is 0 Å². The van der Waals surface area contributed by atoms with Crippen LogP contribution in [0, 0.1) is 0 Å². The van der Waals surface area contributed by atoms with E-state index in [-0.39, 0.29) is 0 Å². The third-order valence-electron chi connectivity index (χ3n) is 3.92. The van der Waals surface area contributed by atoms with E-state index in [1.807, 2.05) is 6.08 Å². The lowest BCUT2D eigenvalue weighted by atomic mass is 10.3. The first-order chi connectivity index (χ1) is 6.66. The molecule has 0 aliphatic heterocycles. The molecule has 0 saturated heterocycles. The van der Waals surface area contributed by atoms with Gasteiger partial charge in [-0.05, 0) is 12.0 Å². The van der Waals surface area contributed by atoms with Crippen LogP contribution in [0.3, 0.4) is 0 Å². The molecule has 0 saturated carbocycles. The number of hydrogen-bond donors (Lipinski definition) is 0. The molecule has 0 nitrogen and oxygen atoms in total. The highest BCUT2D eigenvalue weighted by atomic mass is 28.3. The van der Waals surface area contributed by atoms with Crippen molar-refractivity contribution in [2.24, 2.45) is 0 Å². The first-order valence-corrected chi connectivity index (χ1v) is 8.64. The molecule has 1 atom stereocenters. The molecule has 82 valence electrons. The van der Waals surface area contributed by atoms with Gasteiger partial charge in [-0.2, -0.15) is 0 Å². The average molecular weight is 210 g/mol. The SMILES string of the molecule is C=CC=CCC(C)[Si](CC)(CC)CC. The summed E-state index contributed by atoms with van der Waals surface area (Å²) >= 11 is 0. The Bertz CT molecular complexity index is 169. The molecule has 0 aromatic carbocycles. The summed E-state index contributed by atoms with van der Waals surface area (Å²) in [5.74, 6) is 0. The van der Waals surface area contributed by atoms with Gasteiger partial charge in [0.15, 0.2) is 0 Å². The van der Waals surface area contributed by atoms with Gasteiger partial charge >= 0.3 is 0 Å². The van der Waals surface area contributed by atoms with Crippen molar-refractivity contribution in [2.75, 3.05) is 0 Å². The Balaban J connectivity index is 4.35. The van der Waals surface area contributed by atoms with Gasteiger partial charge in [0.1, 0.15) is 0 Å². The molecule has 0 aliphatic rings. The second-order valence-electron chi connectivity index (χ2n) is 4.22. The molecule has 0 amide bonds. The molecule has 0 N–H and O–H groups in total. The van der Waals surface area contributed by atoms with Crippen molar-refractivity contribution in [3.63, 3.8) is 0 Å². The molecule has 0 spiro atoms. The summed E-state index contributed by atoms with van der Waals surface area (Å²) in [6, 6.07) is 4.30. The molecule has 0 heterocycles. The lowest BCUT2D eigenvalue weighted by Gasteiger charge is -2.34. The third-order valence-corrected chi connectivity index (χ3v) is 10.5. The van der Waals surface area contributed by atoms with Crippen LogP contribution < -0.4 is 0 Å². The maximum Gasteiger partial charge on any atom is 0.0559 e. The first-order valence-electron chi connectivity index (χ1n) is 5.94.